The molecule has 6 nitrogen and oxygen atoms in total. The Morgan fingerprint density at radius 1 is 1.29 bits per heavy atom. The number of methoxy groups -OCH3 is 1. The quantitative estimate of drug-likeness (QED) is 0.590. The molecule has 1 amide bonds. The summed E-state index contributed by atoms with van der Waals surface area (Å²) < 4.78 is 4.63. The highest BCUT2D eigenvalue weighted by Crippen LogP contribution is 2.20. The first-order chi connectivity index (χ1) is 10.0. The van der Waals surface area contributed by atoms with Gasteiger partial charge >= 0.3 is 5.97 Å². The first-order valence-corrected chi connectivity index (χ1v) is 7.02. The van der Waals surface area contributed by atoms with Gasteiger partial charge in [-0.15, -0.1) is 0 Å². The van der Waals surface area contributed by atoms with Gasteiger partial charge in [0.1, 0.15) is 0 Å². The number of amides is 1. The van der Waals surface area contributed by atoms with E-state index in [0.29, 0.717) is 43.0 Å². The van der Waals surface area contributed by atoms with Crippen LogP contribution in [-0.4, -0.2) is 43.5 Å². The number of nitrogen functional groups attached to an aromatic ring is 1. The minimum absolute atomic E-state index is 0.109. The maximum absolute atomic E-state index is 11.9. The first-order valence-electron chi connectivity index (χ1n) is 7.02. The van der Waals surface area contributed by atoms with Crippen LogP contribution in [0.5, 0.6) is 0 Å². The lowest BCUT2D eigenvalue weighted by atomic mass is 10.1. The Hall–Kier alpha value is -2.24. The molecule has 0 radical (unpaired) electrons. The predicted octanol–water partition coefficient (Wildman–Crippen LogP) is 1.73. The summed E-state index contributed by atoms with van der Waals surface area (Å²) in [6, 6.07) is 4.90. The normalized spacial score (nSPS) is 10.0. The fraction of sp³-hybridized carbons (Fsp3) is 0.467. The van der Waals surface area contributed by atoms with E-state index in [0.717, 1.165) is 0 Å². The number of nitrogens with two attached hydrogens (primary N) is 1. The van der Waals surface area contributed by atoms with E-state index in [1.165, 1.54) is 7.11 Å². The minimum Gasteiger partial charge on any atom is -0.465 e. The van der Waals surface area contributed by atoms with Gasteiger partial charge in [-0.3, -0.25) is 4.79 Å². The van der Waals surface area contributed by atoms with Crippen LogP contribution in [0.3, 0.4) is 0 Å². The number of esters is 1. The molecule has 0 bridgehead atoms. The van der Waals surface area contributed by atoms with Gasteiger partial charge in [-0.25, -0.2) is 4.79 Å². The maximum atomic E-state index is 11.9. The Labute approximate surface area is 125 Å². The summed E-state index contributed by atoms with van der Waals surface area (Å²) in [7, 11) is 1.32. The van der Waals surface area contributed by atoms with Crippen molar-refractivity contribution in [3.8, 4) is 0 Å². The topological polar surface area (TPSA) is 84.7 Å². The van der Waals surface area contributed by atoms with E-state index in [9.17, 15) is 9.59 Å². The lowest BCUT2D eigenvalue weighted by molar-refractivity contribution is -0.130. The van der Waals surface area contributed by atoms with Crippen LogP contribution in [-0.2, 0) is 9.53 Å². The van der Waals surface area contributed by atoms with Gasteiger partial charge in [0.2, 0.25) is 5.91 Å². The van der Waals surface area contributed by atoms with Crippen LogP contribution in [0.4, 0.5) is 11.4 Å². The van der Waals surface area contributed by atoms with Crippen molar-refractivity contribution < 1.29 is 14.3 Å². The zero-order valence-corrected chi connectivity index (χ0v) is 12.8. The van der Waals surface area contributed by atoms with Gasteiger partial charge in [0.15, 0.2) is 0 Å². The van der Waals surface area contributed by atoms with Crippen molar-refractivity contribution in [1.82, 2.24) is 4.90 Å². The molecule has 1 aromatic carbocycles. The van der Waals surface area contributed by atoms with Crippen molar-refractivity contribution in [1.29, 1.82) is 0 Å². The summed E-state index contributed by atoms with van der Waals surface area (Å²) in [4.78, 5) is 25.0. The third-order valence-electron chi connectivity index (χ3n) is 3.24. The number of hydrogen-bond donors (Lipinski definition) is 2. The zero-order valence-electron chi connectivity index (χ0n) is 12.8. The minimum atomic E-state index is -0.426. The summed E-state index contributed by atoms with van der Waals surface area (Å²) in [5.41, 5.74) is 7.44. The van der Waals surface area contributed by atoms with Gasteiger partial charge in [0.25, 0.3) is 0 Å². The molecular formula is C15H23N3O3. The van der Waals surface area contributed by atoms with Gasteiger partial charge in [-0.05, 0) is 32.0 Å². The molecular weight excluding hydrogens is 270 g/mol. The molecule has 3 N–H and O–H groups in total. The third-order valence-corrected chi connectivity index (χ3v) is 3.24. The Bertz CT molecular complexity index is 499. The first kappa shape index (κ1) is 16.8. The van der Waals surface area contributed by atoms with Gasteiger partial charge < -0.3 is 20.7 Å². The number of rotatable bonds is 7. The molecule has 0 saturated carbocycles. The van der Waals surface area contributed by atoms with Crippen molar-refractivity contribution >= 4 is 23.3 Å². The molecule has 1 aromatic rings. The van der Waals surface area contributed by atoms with E-state index < -0.39 is 5.97 Å². The average molecular weight is 293 g/mol. The molecule has 0 spiro atoms. The average Bonchev–Trinajstić information content (AvgIpc) is 2.49. The Morgan fingerprint density at radius 3 is 2.48 bits per heavy atom. The number of carbonyl (C=O) groups excluding carboxylic acids is 2. The summed E-state index contributed by atoms with van der Waals surface area (Å²) in [6.45, 7) is 5.84. The van der Waals surface area contributed by atoms with Crippen LogP contribution in [0.2, 0.25) is 0 Å². The van der Waals surface area contributed by atoms with E-state index in [1.807, 2.05) is 13.8 Å². The Balaban J connectivity index is 2.57. The van der Waals surface area contributed by atoms with Crippen LogP contribution in [0.15, 0.2) is 18.2 Å². The predicted molar refractivity (Wildman–Crippen MR) is 83.2 cm³/mol. The second-order valence-electron chi connectivity index (χ2n) is 4.54. The Morgan fingerprint density at radius 2 is 1.95 bits per heavy atom. The van der Waals surface area contributed by atoms with E-state index in [1.54, 1.807) is 23.1 Å². The number of nitrogens with zero attached hydrogens (tertiary/aromatic N) is 1. The van der Waals surface area contributed by atoms with Crippen LogP contribution in [0.1, 0.15) is 30.6 Å². The maximum Gasteiger partial charge on any atom is 0.337 e. The molecule has 0 aliphatic heterocycles. The highest BCUT2D eigenvalue weighted by atomic mass is 16.5. The van der Waals surface area contributed by atoms with Crippen LogP contribution < -0.4 is 11.1 Å². The van der Waals surface area contributed by atoms with Crippen molar-refractivity contribution in [3.63, 3.8) is 0 Å². The smallest absolute Gasteiger partial charge is 0.337 e. The van der Waals surface area contributed by atoms with Crippen molar-refractivity contribution in [2.24, 2.45) is 0 Å². The molecule has 6 heteroatoms. The highest BCUT2D eigenvalue weighted by Gasteiger charge is 2.10. The summed E-state index contributed by atoms with van der Waals surface area (Å²) in [5.74, 6) is -0.317. The number of ether oxygens (including phenoxy) is 1. The Kier molecular flexibility index (Phi) is 6.52. The molecule has 0 saturated heterocycles. The molecule has 0 fully saturated rings. The van der Waals surface area contributed by atoms with Crippen LogP contribution in [0, 0.1) is 0 Å². The van der Waals surface area contributed by atoms with E-state index in [2.05, 4.69) is 10.1 Å². The molecule has 0 unspecified atom stereocenters. The van der Waals surface area contributed by atoms with Gasteiger partial charge in [-0.1, -0.05) is 0 Å². The lowest BCUT2D eigenvalue weighted by Gasteiger charge is -2.19. The molecule has 0 aromatic heterocycles. The molecule has 116 valence electrons. The molecule has 0 aliphatic carbocycles. The van der Waals surface area contributed by atoms with Crippen LogP contribution in [0.25, 0.3) is 0 Å². The molecule has 21 heavy (non-hydrogen) atoms. The standard InChI is InChI=1S/C15H23N3O3/c1-4-18(5-2)14(19)8-9-17-13-7-6-11(10-12(13)16)15(20)21-3/h6-7,10,17H,4-5,8-9,16H2,1-3H3. The fourth-order valence-electron chi connectivity index (χ4n) is 2.01. The van der Waals surface area contributed by atoms with Gasteiger partial charge in [0.05, 0.1) is 24.0 Å². The van der Waals surface area contributed by atoms with Crippen molar-refractivity contribution in [3.05, 3.63) is 23.8 Å². The molecule has 0 atom stereocenters. The third kappa shape index (κ3) is 4.66. The van der Waals surface area contributed by atoms with E-state index in [4.69, 9.17) is 5.73 Å². The fourth-order valence-corrected chi connectivity index (χ4v) is 2.01. The molecule has 0 aliphatic rings. The van der Waals surface area contributed by atoms with Gasteiger partial charge in [0, 0.05) is 26.1 Å². The lowest BCUT2D eigenvalue weighted by Crippen LogP contribution is -2.31. The number of benzene rings is 1. The van der Waals surface area contributed by atoms with E-state index >= 15 is 0 Å². The summed E-state index contributed by atoms with van der Waals surface area (Å²) in [5, 5.41) is 3.11. The van der Waals surface area contributed by atoms with Crippen LogP contribution >= 0.6 is 0 Å². The number of nitrogens with one attached hydrogen (secondary N) is 1. The molecule has 1 rings (SSSR count). The monoisotopic (exact) mass is 293 g/mol. The number of anilines is 2. The highest BCUT2D eigenvalue weighted by molar-refractivity contribution is 5.91. The van der Waals surface area contributed by atoms with Crippen molar-refractivity contribution in [2.45, 2.75) is 20.3 Å². The van der Waals surface area contributed by atoms with E-state index in [-0.39, 0.29) is 5.91 Å². The second kappa shape index (κ2) is 8.14. The number of carbonyl (C=O) groups is 2. The second-order valence-corrected chi connectivity index (χ2v) is 4.54. The number of hydrogen-bond acceptors (Lipinski definition) is 5. The SMILES string of the molecule is CCN(CC)C(=O)CCNc1ccc(C(=O)OC)cc1N. The van der Waals surface area contributed by atoms with Gasteiger partial charge in [-0.2, -0.15) is 0 Å². The summed E-state index contributed by atoms with van der Waals surface area (Å²) in [6.07, 6.45) is 0.403. The summed E-state index contributed by atoms with van der Waals surface area (Å²) >= 11 is 0. The van der Waals surface area contributed by atoms with Crippen molar-refractivity contribution in [2.75, 3.05) is 37.8 Å². The largest absolute Gasteiger partial charge is 0.465 e. The zero-order chi connectivity index (χ0) is 15.8. The molecule has 0 heterocycles.